The molecule has 17 heavy (non-hydrogen) atoms. The minimum absolute atomic E-state index is 0.00345. The Morgan fingerprint density at radius 1 is 1.41 bits per heavy atom. The van der Waals surface area contributed by atoms with Crippen molar-refractivity contribution in [3.8, 4) is 0 Å². The van der Waals surface area contributed by atoms with Crippen molar-refractivity contribution in [3.63, 3.8) is 0 Å². The Hall–Kier alpha value is -1.81. The van der Waals surface area contributed by atoms with E-state index in [-0.39, 0.29) is 5.91 Å². The number of rotatable bonds is 3. The Labute approximate surface area is 104 Å². The van der Waals surface area contributed by atoms with Gasteiger partial charge in [0.2, 0.25) is 5.91 Å². The number of aryl methyl sites for hydroxylation is 1. The van der Waals surface area contributed by atoms with Crippen molar-refractivity contribution in [2.75, 3.05) is 11.1 Å². The molecule has 0 radical (unpaired) electrons. The minimum Gasteiger partial charge on any atom is -0.399 e. The van der Waals surface area contributed by atoms with Crippen LogP contribution in [0.3, 0.4) is 0 Å². The molecule has 0 atom stereocenters. The van der Waals surface area contributed by atoms with Gasteiger partial charge >= 0.3 is 0 Å². The maximum atomic E-state index is 11.8. The van der Waals surface area contributed by atoms with Crippen LogP contribution in [0.15, 0.2) is 35.0 Å². The molecule has 4 heteroatoms. The number of hydrogen-bond donors (Lipinski definition) is 2. The number of benzene rings is 1. The summed E-state index contributed by atoms with van der Waals surface area (Å²) in [4.78, 5) is 11.8. The SMILES string of the molecule is Cc1cc(N)ccc1NC(=O)Cc1ccsc1. The summed E-state index contributed by atoms with van der Waals surface area (Å²) in [6.07, 6.45) is 0.410. The predicted octanol–water partition coefficient (Wildman–Crippen LogP) is 2.82. The van der Waals surface area contributed by atoms with Gasteiger partial charge in [0.1, 0.15) is 0 Å². The molecule has 2 rings (SSSR count). The van der Waals surface area contributed by atoms with Gasteiger partial charge in [0.25, 0.3) is 0 Å². The highest BCUT2D eigenvalue weighted by Crippen LogP contribution is 2.18. The molecule has 0 aliphatic carbocycles. The molecule has 0 fully saturated rings. The number of amides is 1. The first-order valence-electron chi connectivity index (χ1n) is 5.32. The van der Waals surface area contributed by atoms with Crippen LogP contribution < -0.4 is 11.1 Å². The van der Waals surface area contributed by atoms with Gasteiger partial charge in [-0.2, -0.15) is 11.3 Å². The second-order valence-corrected chi connectivity index (χ2v) is 4.71. The lowest BCUT2D eigenvalue weighted by Crippen LogP contribution is -2.14. The van der Waals surface area contributed by atoms with Gasteiger partial charge in [0.15, 0.2) is 0 Å². The standard InChI is InChI=1S/C13H14N2OS/c1-9-6-11(14)2-3-12(9)15-13(16)7-10-4-5-17-8-10/h2-6,8H,7,14H2,1H3,(H,15,16). The van der Waals surface area contributed by atoms with E-state index < -0.39 is 0 Å². The van der Waals surface area contributed by atoms with Crippen LogP contribution in [0.25, 0.3) is 0 Å². The zero-order valence-electron chi connectivity index (χ0n) is 9.57. The maximum absolute atomic E-state index is 11.8. The third-order valence-electron chi connectivity index (χ3n) is 2.47. The monoisotopic (exact) mass is 246 g/mol. The molecule has 1 aromatic heterocycles. The molecule has 88 valence electrons. The average molecular weight is 246 g/mol. The summed E-state index contributed by atoms with van der Waals surface area (Å²) in [6.45, 7) is 1.93. The van der Waals surface area contributed by atoms with Gasteiger partial charge in [-0.25, -0.2) is 0 Å². The van der Waals surface area contributed by atoms with Crippen molar-refractivity contribution < 1.29 is 4.79 Å². The van der Waals surface area contributed by atoms with Crippen LogP contribution in [-0.2, 0) is 11.2 Å². The fraction of sp³-hybridized carbons (Fsp3) is 0.154. The molecule has 0 saturated carbocycles. The molecule has 0 spiro atoms. The van der Waals surface area contributed by atoms with Gasteiger partial charge in [-0.15, -0.1) is 0 Å². The van der Waals surface area contributed by atoms with Gasteiger partial charge in [-0.05, 0) is 53.1 Å². The average Bonchev–Trinajstić information content (AvgIpc) is 2.75. The number of nitrogens with two attached hydrogens (primary N) is 1. The van der Waals surface area contributed by atoms with E-state index in [4.69, 9.17) is 5.73 Å². The van der Waals surface area contributed by atoms with Crippen molar-refractivity contribution in [2.24, 2.45) is 0 Å². The number of anilines is 2. The van der Waals surface area contributed by atoms with Gasteiger partial charge < -0.3 is 11.1 Å². The van der Waals surface area contributed by atoms with Gasteiger partial charge in [-0.1, -0.05) is 0 Å². The fourth-order valence-corrected chi connectivity index (χ4v) is 2.27. The highest BCUT2D eigenvalue weighted by Gasteiger charge is 2.06. The molecule has 0 unspecified atom stereocenters. The molecule has 1 heterocycles. The molecule has 0 bridgehead atoms. The van der Waals surface area contributed by atoms with E-state index in [1.807, 2.05) is 35.9 Å². The lowest BCUT2D eigenvalue weighted by atomic mass is 10.1. The largest absolute Gasteiger partial charge is 0.399 e. The Bertz CT molecular complexity index is 520. The predicted molar refractivity (Wildman–Crippen MR) is 72.2 cm³/mol. The normalized spacial score (nSPS) is 10.2. The quantitative estimate of drug-likeness (QED) is 0.818. The van der Waals surface area contributed by atoms with Crippen LogP contribution in [0.1, 0.15) is 11.1 Å². The molecule has 1 aromatic carbocycles. The van der Waals surface area contributed by atoms with Gasteiger partial charge in [0, 0.05) is 11.4 Å². The zero-order valence-corrected chi connectivity index (χ0v) is 10.4. The van der Waals surface area contributed by atoms with Crippen molar-refractivity contribution in [1.82, 2.24) is 0 Å². The Balaban J connectivity index is 2.03. The second kappa shape index (κ2) is 5.01. The molecular weight excluding hydrogens is 232 g/mol. The van der Waals surface area contributed by atoms with Gasteiger partial charge in [0.05, 0.1) is 6.42 Å². The Morgan fingerprint density at radius 3 is 2.88 bits per heavy atom. The number of nitrogens with one attached hydrogen (secondary N) is 1. The molecule has 0 aliphatic rings. The smallest absolute Gasteiger partial charge is 0.228 e. The van der Waals surface area contributed by atoms with Crippen LogP contribution in [0.4, 0.5) is 11.4 Å². The fourth-order valence-electron chi connectivity index (χ4n) is 1.60. The summed E-state index contributed by atoms with van der Waals surface area (Å²) in [5.41, 5.74) is 9.20. The number of carbonyl (C=O) groups excluding carboxylic acids is 1. The van der Waals surface area contributed by atoms with E-state index in [1.165, 1.54) is 0 Å². The number of carbonyl (C=O) groups is 1. The molecule has 0 aliphatic heterocycles. The Kier molecular flexibility index (Phi) is 3.44. The zero-order chi connectivity index (χ0) is 12.3. The highest BCUT2D eigenvalue weighted by atomic mass is 32.1. The van der Waals surface area contributed by atoms with E-state index in [9.17, 15) is 4.79 Å². The van der Waals surface area contributed by atoms with Gasteiger partial charge in [-0.3, -0.25) is 4.79 Å². The van der Waals surface area contributed by atoms with E-state index in [0.29, 0.717) is 12.1 Å². The molecule has 3 nitrogen and oxygen atoms in total. The highest BCUT2D eigenvalue weighted by molar-refractivity contribution is 7.08. The second-order valence-electron chi connectivity index (χ2n) is 3.93. The molecular formula is C13H14N2OS. The summed E-state index contributed by atoms with van der Waals surface area (Å²) >= 11 is 1.60. The first-order valence-corrected chi connectivity index (χ1v) is 6.26. The molecule has 2 aromatic rings. The van der Waals surface area contributed by atoms with Crippen molar-refractivity contribution in [3.05, 3.63) is 46.2 Å². The van der Waals surface area contributed by atoms with Crippen LogP contribution >= 0.6 is 11.3 Å². The number of nitrogen functional groups attached to an aromatic ring is 1. The number of hydrogen-bond acceptors (Lipinski definition) is 3. The van der Waals surface area contributed by atoms with Crippen LogP contribution in [-0.4, -0.2) is 5.91 Å². The summed E-state index contributed by atoms with van der Waals surface area (Å²) in [5.74, 6) is -0.00345. The van der Waals surface area contributed by atoms with Crippen LogP contribution in [0.5, 0.6) is 0 Å². The summed E-state index contributed by atoms with van der Waals surface area (Å²) in [7, 11) is 0. The molecule has 1 amide bonds. The Morgan fingerprint density at radius 2 is 2.24 bits per heavy atom. The molecule has 3 N–H and O–H groups in total. The van der Waals surface area contributed by atoms with Crippen molar-refractivity contribution in [1.29, 1.82) is 0 Å². The van der Waals surface area contributed by atoms with Crippen molar-refractivity contribution >= 4 is 28.6 Å². The van der Waals surface area contributed by atoms with E-state index >= 15 is 0 Å². The van der Waals surface area contributed by atoms with E-state index in [2.05, 4.69) is 5.32 Å². The summed E-state index contributed by atoms with van der Waals surface area (Å²) < 4.78 is 0. The van der Waals surface area contributed by atoms with E-state index in [0.717, 1.165) is 16.8 Å². The lowest BCUT2D eigenvalue weighted by Gasteiger charge is -2.08. The summed E-state index contributed by atoms with van der Waals surface area (Å²) in [6, 6.07) is 7.42. The molecule has 0 saturated heterocycles. The minimum atomic E-state index is -0.00345. The number of thiophene rings is 1. The van der Waals surface area contributed by atoms with Crippen LogP contribution in [0, 0.1) is 6.92 Å². The topological polar surface area (TPSA) is 55.1 Å². The third-order valence-corrected chi connectivity index (χ3v) is 3.20. The first kappa shape index (κ1) is 11.7. The summed E-state index contributed by atoms with van der Waals surface area (Å²) in [5, 5.41) is 6.84. The third kappa shape index (κ3) is 3.07. The van der Waals surface area contributed by atoms with Crippen molar-refractivity contribution in [2.45, 2.75) is 13.3 Å². The lowest BCUT2D eigenvalue weighted by molar-refractivity contribution is -0.115. The van der Waals surface area contributed by atoms with E-state index in [1.54, 1.807) is 17.4 Å². The maximum Gasteiger partial charge on any atom is 0.228 e. The first-order chi connectivity index (χ1) is 8.15. The van der Waals surface area contributed by atoms with Crippen LogP contribution in [0.2, 0.25) is 0 Å².